The van der Waals surface area contributed by atoms with Crippen LogP contribution in [-0.2, 0) is 5.41 Å². The third kappa shape index (κ3) is 2.28. The summed E-state index contributed by atoms with van der Waals surface area (Å²) in [7, 11) is 0. The predicted molar refractivity (Wildman–Crippen MR) is 104 cm³/mol. The second-order valence-corrected chi connectivity index (χ2v) is 7.33. The van der Waals surface area contributed by atoms with E-state index in [0.29, 0.717) is 0 Å². The SMILES string of the molecule is C1=CC2=C(CC=C3CC(c4ccccc4)(c4ccccc4)C=C32)CC1. The first kappa shape index (κ1) is 14.7. The van der Waals surface area contributed by atoms with Crippen LogP contribution in [0.2, 0.25) is 0 Å². The zero-order chi connectivity index (χ0) is 16.7. The highest BCUT2D eigenvalue weighted by atomic mass is 14.4. The minimum atomic E-state index is -0.0442. The number of fused-ring (bicyclic) bond motifs is 2. The van der Waals surface area contributed by atoms with Crippen LogP contribution < -0.4 is 0 Å². The number of hydrogen-bond donors (Lipinski definition) is 0. The summed E-state index contributed by atoms with van der Waals surface area (Å²) < 4.78 is 0. The summed E-state index contributed by atoms with van der Waals surface area (Å²) in [4.78, 5) is 0. The largest absolute Gasteiger partial charge is 0.0836 e. The first-order valence-electron chi connectivity index (χ1n) is 9.29. The Kier molecular flexibility index (Phi) is 3.38. The molecule has 0 radical (unpaired) electrons. The molecule has 3 aliphatic carbocycles. The van der Waals surface area contributed by atoms with Gasteiger partial charge < -0.3 is 0 Å². The fourth-order valence-corrected chi connectivity index (χ4v) is 4.68. The van der Waals surface area contributed by atoms with Crippen molar-refractivity contribution in [2.24, 2.45) is 0 Å². The monoisotopic (exact) mass is 322 g/mol. The number of allylic oxidation sites excluding steroid dienone is 8. The van der Waals surface area contributed by atoms with Gasteiger partial charge >= 0.3 is 0 Å². The van der Waals surface area contributed by atoms with E-state index in [1.165, 1.54) is 40.7 Å². The lowest BCUT2D eigenvalue weighted by Gasteiger charge is -2.29. The highest BCUT2D eigenvalue weighted by Crippen LogP contribution is 2.51. The van der Waals surface area contributed by atoms with Crippen molar-refractivity contribution < 1.29 is 0 Å². The minimum absolute atomic E-state index is 0.0442. The fraction of sp³-hybridized carbons (Fsp3) is 0.200. The average Bonchev–Trinajstić information content (AvgIpc) is 3.11. The third-order valence-electron chi connectivity index (χ3n) is 5.95. The molecule has 0 saturated carbocycles. The Labute approximate surface area is 149 Å². The highest BCUT2D eigenvalue weighted by Gasteiger charge is 2.40. The van der Waals surface area contributed by atoms with Crippen LogP contribution in [-0.4, -0.2) is 0 Å². The Hall–Kier alpha value is -2.60. The maximum Gasteiger partial charge on any atom is 0.0431 e. The van der Waals surface area contributed by atoms with Gasteiger partial charge in [-0.05, 0) is 53.5 Å². The summed E-state index contributed by atoms with van der Waals surface area (Å²) in [6.07, 6.45) is 14.4. The molecular formula is C25H22. The van der Waals surface area contributed by atoms with E-state index >= 15 is 0 Å². The van der Waals surface area contributed by atoms with Crippen LogP contribution in [0, 0.1) is 0 Å². The summed E-state index contributed by atoms with van der Waals surface area (Å²) >= 11 is 0. The lowest BCUT2D eigenvalue weighted by molar-refractivity contribution is 0.664. The predicted octanol–water partition coefficient (Wildman–Crippen LogP) is 6.28. The topological polar surface area (TPSA) is 0 Å². The molecule has 0 saturated heterocycles. The van der Waals surface area contributed by atoms with Gasteiger partial charge in [-0.2, -0.15) is 0 Å². The second-order valence-electron chi connectivity index (χ2n) is 7.33. The summed E-state index contributed by atoms with van der Waals surface area (Å²) in [6.45, 7) is 0. The van der Waals surface area contributed by atoms with E-state index in [4.69, 9.17) is 0 Å². The molecule has 0 aliphatic heterocycles. The maximum atomic E-state index is 2.55. The van der Waals surface area contributed by atoms with Crippen molar-refractivity contribution in [3.63, 3.8) is 0 Å². The second kappa shape index (κ2) is 5.74. The lowest BCUT2D eigenvalue weighted by atomic mass is 9.73. The van der Waals surface area contributed by atoms with E-state index in [0.717, 1.165) is 12.8 Å². The van der Waals surface area contributed by atoms with Gasteiger partial charge in [-0.15, -0.1) is 0 Å². The quantitative estimate of drug-likeness (QED) is 0.610. The number of hydrogen-bond acceptors (Lipinski definition) is 0. The molecule has 0 atom stereocenters. The lowest BCUT2D eigenvalue weighted by Crippen LogP contribution is -2.22. The van der Waals surface area contributed by atoms with Crippen LogP contribution >= 0.6 is 0 Å². The number of benzene rings is 2. The number of rotatable bonds is 2. The standard InChI is InChI=1S/C25H22/c1-3-10-21(11-4-1)25(22-12-5-2-6-13-22)17-20-16-15-19-9-7-8-14-23(19)24(20)18-25/h1-6,8,10-14,16,18H,7,9,15,17H2. The molecule has 3 aliphatic rings. The summed E-state index contributed by atoms with van der Waals surface area (Å²) in [5, 5.41) is 0. The van der Waals surface area contributed by atoms with Gasteiger partial charge in [0, 0.05) is 5.41 Å². The van der Waals surface area contributed by atoms with Gasteiger partial charge in [0.05, 0.1) is 0 Å². The smallest absolute Gasteiger partial charge is 0.0431 e. The highest BCUT2D eigenvalue weighted by molar-refractivity contribution is 5.66. The van der Waals surface area contributed by atoms with Crippen LogP contribution in [0.1, 0.15) is 36.8 Å². The van der Waals surface area contributed by atoms with Crippen molar-refractivity contribution in [1.82, 2.24) is 0 Å². The molecule has 0 heteroatoms. The van der Waals surface area contributed by atoms with Crippen LogP contribution in [0.4, 0.5) is 0 Å². The van der Waals surface area contributed by atoms with Gasteiger partial charge in [0.2, 0.25) is 0 Å². The molecular weight excluding hydrogens is 300 g/mol. The Morgan fingerprint density at radius 2 is 1.48 bits per heavy atom. The van der Waals surface area contributed by atoms with E-state index in [1.54, 1.807) is 5.57 Å². The summed E-state index contributed by atoms with van der Waals surface area (Å²) in [5.74, 6) is 0. The Morgan fingerprint density at radius 1 is 0.800 bits per heavy atom. The van der Waals surface area contributed by atoms with Gasteiger partial charge in [-0.25, -0.2) is 0 Å². The third-order valence-corrected chi connectivity index (χ3v) is 5.95. The maximum absolute atomic E-state index is 2.55. The Bertz CT molecular complexity index is 881. The molecule has 0 nitrogen and oxygen atoms in total. The molecule has 0 bridgehead atoms. The Balaban J connectivity index is 1.73. The van der Waals surface area contributed by atoms with Crippen molar-refractivity contribution in [3.8, 4) is 0 Å². The van der Waals surface area contributed by atoms with Gasteiger partial charge in [-0.3, -0.25) is 0 Å². The molecule has 2 aromatic carbocycles. The van der Waals surface area contributed by atoms with Crippen molar-refractivity contribution in [3.05, 3.63) is 118 Å². The molecule has 0 heterocycles. The Morgan fingerprint density at radius 3 is 2.16 bits per heavy atom. The van der Waals surface area contributed by atoms with Crippen LogP contribution in [0.25, 0.3) is 0 Å². The van der Waals surface area contributed by atoms with Crippen LogP contribution in [0.5, 0.6) is 0 Å². The average molecular weight is 322 g/mol. The van der Waals surface area contributed by atoms with Crippen molar-refractivity contribution in [2.75, 3.05) is 0 Å². The fourth-order valence-electron chi connectivity index (χ4n) is 4.68. The molecule has 25 heavy (non-hydrogen) atoms. The molecule has 0 N–H and O–H groups in total. The van der Waals surface area contributed by atoms with E-state index in [-0.39, 0.29) is 5.41 Å². The normalized spacial score (nSPS) is 20.6. The van der Waals surface area contributed by atoms with E-state index in [9.17, 15) is 0 Å². The molecule has 0 aromatic heterocycles. The van der Waals surface area contributed by atoms with Gasteiger partial charge in [0.1, 0.15) is 0 Å². The van der Waals surface area contributed by atoms with Gasteiger partial charge in [0.25, 0.3) is 0 Å². The van der Waals surface area contributed by atoms with Crippen LogP contribution in [0.3, 0.4) is 0 Å². The van der Waals surface area contributed by atoms with Crippen molar-refractivity contribution in [2.45, 2.75) is 31.1 Å². The van der Waals surface area contributed by atoms with E-state index < -0.39 is 0 Å². The van der Waals surface area contributed by atoms with E-state index in [1.807, 2.05) is 0 Å². The molecule has 0 unspecified atom stereocenters. The van der Waals surface area contributed by atoms with Crippen molar-refractivity contribution >= 4 is 0 Å². The molecule has 0 spiro atoms. The van der Waals surface area contributed by atoms with Crippen molar-refractivity contribution in [1.29, 1.82) is 0 Å². The van der Waals surface area contributed by atoms with E-state index in [2.05, 4.69) is 85.0 Å². The molecule has 0 fully saturated rings. The summed E-state index contributed by atoms with van der Waals surface area (Å²) in [5.41, 5.74) is 8.86. The molecule has 2 aromatic rings. The zero-order valence-electron chi connectivity index (χ0n) is 14.4. The zero-order valence-corrected chi connectivity index (χ0v) is 14.4. The summed E-state index contributed by atoms with van der Waals surface area (Å²) in [6, 6.07) is 22.0. The first-order chi connectivity index (χ1) is 12.4. The molecule has 0 amide bonds. The van der Waals surface area contributed by atoms with Gasteiger partial charge in [0.15, 0.2) is 0 Å². The molecule has 122 valence electrons. The van der Waals surface area contributed by atoms with Crippen LogP contribution in [0.15, 0.2) is 107 Å². The first-order valence-corrected chi connectivity index (χ1v) is 9.29. The minimum Gasteiger partial charge on any atom is -0.0836 e. The molecule has 5 rings (SSSR count). The van der Waals surface area contributed by atoms with Gasteiger partial charge in [-0.1, -0.05) is 90.5 Å².